The van der Waals surface area contributed by atoms with Gasteiger partial charge in [0, 0.05) is 24.2 Å². The van der Waals surface area contributed by atoms with Crippen LogP contribution in [0, 0.1) is 11.2 Å². The molecule has 0 radical (unpaired) electrons. The molecule has 7 heteroatoms. The zero-order chi connectivity index (χ0) is 27.7. The van der Waals surface area contributed by atoms with Gasteiger partial charge in [-0.15, -0.1) is 0 Å². The molecule has 1 aliphatic carbocycles. The number of aliphatic carboxylic acids is 1. The molecule has 1 aliphatic rings. The predicted octanol–water partition coefficient (Wildman–Crippen LogP) is 6.89. The smallest absolute Gasteiger partial charge is 0.304 e. The first-order chi connectivity index (χ1) is 17.9. The summed E-state index contributed by atoms with van der Waals surface area (Å²) in [5.41, 5.74) is 4.41. The van der Waals surface area contributed by atoms with E-state index in [1.165, 1.54) is 18.9 Å². The molecular formula is C31H36FNO5. The Morgan fingerprint density at radius 3 is 2.55 bits per heavy atom. The lowest BCUT2D eigenvalue weighted by molar-refractivity contribution is -0.138. The molecule has 0 fully saturated rings. The van der Waals surface area contributed by atoms with E-state index in [0.717, 1.165) is 29.5 Å². The number of carbonyl (C=O) groups is 1. The van der Waals surface area contributed by atoms with Crippen LogP contribution in [0.3, 0.4) is 0 Å². The highest BCUT2D eigenvalue weighted by molar-refractivity contribution is 5.70. The number of aromatic nitrogens is 1. The van der Waals surface area contributed by atoms with Crippen LogP contribution in [-0.2, 0) is 28.0 Å². The van der Waals surface area contributed by atoms with E-state index in [1.807, 2.05) is 43.3 Å². The third kappa shape index (κ3) is 5.68. The number of rotatable bonds is 9. The molecule has 0 unspecified atom stereocenters. The van der Waals surface area contributed by atoms with Crippen molar-refractivity contribution in [1.29, 1.82) is 0 Å². The minimum Gasteiger partial charge on any atom is -0.489 e. The second-order valence-corrected chi connectivity index (χ2v) is 11.3. The van der Waals surface area contributed by atoms with Gasteiger partial charge in [0.2, 0.25) is 5.88 Å². The maximum atomic E-state index is 14.9. The molecule has 6 nitrogen and oxygen atoms in total. The number of methoxy groups -OCH3 is 2. The van der Waals surface area contributed by atoms with Gasteiger partial charge in [-0.2, -0.15) is 0 Å². The van der Waals surface area contributed by atoms with Crippen LogP contribution >= 0.6 is 0 Å². The van der Waals surface area contributed by atoms with Crippen molar-refractivity contribution in [3.63, 3.8) is 0 Å². The number of aryl methyl sites for hydroxylation is 1. The van der Waals surface area contributed by atoms with Crippen LogP contribution in [0.4, 0.5) is 4.39 Å². The van der Waals surface area contributed by atoms with Gasteiger partial charge in [-0.3, -0.25) is 4.79 Å². The second-order valence-electron chi connectivity index (χ2n) is 11.3. The van der Waals surface area contributed by atoms with Crippen molar-refractivity contribution in [3.05, 3.63) is 76.7 Å². The number of ether oxygens (including phenoxy) is 3. The van der Waals surface area contributed by atoms with Gasteiger partial charge < -0.3 is 19.3 Å². The van der Waals surface area contributed by atoms with E-state index in [9.17, 15) is 14.3 Å². The van der Waals surface area contributed by atoms with Crippen molar-refractivity contribution < 1.29 is 28.5 Å². The van der Waals surface area contributed by atoms with Gasteiger partial charge in [0.1, 0.15) is 18.2 Å². The summed E-state index contributed by atoms with van der Waals surface area (Å²) in [5, 5.41) is 9.41. The predicted molar refractivity (Wildman–Crippen MR) is 144 cm³/mol. The van der Waals surface area contributed by atoms with E-state index >= 15 is 0 Å². The Kier molecular flexibility index (Phi) is 7.79. The summed E-state index contributed by atoms with van der Waals surface area (Å²) in [6, 6.07) is 13.4. The number of hydrogen-bond acceptors (Lipinski definition) is 5. The summed E-state index contributed by atoms with van der Waals surface area (Å²) in [6.45, 7) is 8.54. The van der Waals surface area contributed by atoms with Crippen molar-refractivity contribution >= 4 is 5.97 Å². The van der Waals surface area contributed by atoms with Crippen LogP contribution in [0.25, 0.3) is 11.1 Å². The Bertz CT molecular complexity index is 1330. The van der Waals surface area contributed by atoms with Crippen molar-refractivity contribution in [2.24, 2.45) is 5.41 Å². The van der Waals surface area contributed by atoms with Crippen LogP contribution in [-0.4, -0.2) is 30.3 Å². The van der Waals surface area contributed by atoms with Crippen LogP contribution in [0.5, 0.6) is 11.6 Å². The highest BCUT2D eigenvalue weighted by Gasteiger charge is 2.36. The molecule has 0 bridgehead atoms. The van der Waals surface area contributed by atoms with Gasteiger partial charge in [-0.05, 0) is 64.3 Å². The molecule has 202 valence electrons. The van der Waals surface area contributed by atoms with Gasteiger partial charge >= 0.3 is 5.97 Å². The lowest BCUT2D eigenvalue weighted by Crippen LogP contribution is -2.22. The molecule has 0 amide bonds. The number of benzene rings is 2. The molecule has 1 aromatic heterocycles. The van der Waals surface area contributed by atoms with Crippen molar-refractivity contribution in [1.82, 2.24) is 4.98 Å². The number of halogens is 1. The summed E-state index contributed by atoms with van der Waals surface area (Å²) in [4.78, 5) is 15.4. The molecule has 38 heavy (non-hydrogen) atoms. The zero-order valence-electron chi connectivity index (χ0n) is 22.9. The maximum absolute atomic E-state index is 14.9. The number of nitrogens with zero attached hydrogens (tertiary/aromatic N) is 1. The summed E-state index contributed by atoms with van der Waals surface area (Å²) in [6.07, 6.45) is 2.62. The molecular weight excluding hydrogens is 485 g/mol. The topological polar surface area (TPSA) is 77.9 Å². The fourth-order valence-corrected chi connectivity index (χ4v) is 5.50. The minimum absolute atomic E-state index is 0.0931. The summed E-state index contributed by atoms with van der Waals surface area (Å²) in [5.74, 6) is -0.218. The SMILES string of the molecule is COc1cc(-c2ccc(COc3ccc4c(c3)[C@](C)(CC(=O)O)CC4)cc2[C@H](OC)C(C)(C)C)c(F)cn1. The summed E-state index contributed by atoms with van der Waals surface area (Å²) < 4.78 is 32.3. The lowest BCUT2D eigenvalue weighted by Gasteiger charge is -2.32. The largest absolute Gasteiger partial charge is 0.489 e. The Hall–Kier alpha value is -3.45. The highest BCUT2D eigenvalue weighted by atomic mass is 19.1. The van der Waals surface area contributed by atoms with E-state index in [1.54, 1.807) is 13.2 Å². The number of pyridine rings is 1. The van der Waals surface area contributed by atoms with Crippen LogP contribution in [0.15, 0.2) is 48.7 Å². The second kappa shape index (κ2) is 10.7. The molecule has 4 rings (SSSR count). The average molecular weight is 522 g/mol. The molecule has 3 aromatic rings. The van der Waals surface area contributed by atoms with Gasteiger partial charge in [0.15, 0.2) is 0 Å². The summed E-state index contributed by atoms with van der Waals surface area (Å²) in [7, 11) is 3.16. The molecule has 0 aliphatic heterocycles. The molecule has 2 atom stereocenters. The molecule has 2 aromatic carbocycles. The Labute approximate surface area is 223 Å². The van der Waals surface area contributed by atoms with Gasteiger partial charge in [0.05, 0.1) is 25.8 Å². The number of carboxylic acids is 1. The number of fused-ring (bicyclic) bond motifs is 1. The Balaban J connectivity index is 1.67. The molecule has 1 N–H and O–H groups in total. The highest BCUT2D eigenvalue weighted by Crippen LogP contribution is 2.44. The van der Waals surface area contributed by atoms with Crippen LogP contribution in [0.2, 0.25) is 0 Å². The zero-order valence-corrected chi connectivity index (χ0v) is 22.9. The van der Waals surface area contributed by atoms with Crippen molar-refractivity contribution in [3.8, 4) is 22.8 Å². The number of carboxylic acid groups (broad SMARTS) is 1. The minimum atomic E-state index is -0.797. The molecule has 0 saturated heterocycles. The van der Waals surface area contributed by atoms with Crippen molar-refractivity contribution in [2.45, 2.75) is 65.1 Å². The molecule has 0 saturated carbocycles. The number of hydrogen-bond donors (Lipinski definition) is 1. The van der Waals surface area contributed by atoms with Gasteiger partial charge in [-0.25, -0.2) is 9.37 Å². The summed E-state index contributed by atoms with van der Waals surface area (Å²) >= 11 is 0. The quantitative estimate of drug-likeness (QED) is 0.330. The van der Waals surface area contributed by atoms with Crippen molar-refractivity contribution in [2.75, 3.05) is 14.2 Å². The fraction of sp³-hybridized carbons (Fsp3) is 0.419. The first-order valence-corrected chi connectivity index (χ1v) is 12.8. The van der Waals surface area contributed by atoms with E-state index in [2.05, 4.69) is 25.8 Å². The average Bonchev–Trinajstić information content (AvgIpc) is 3.18. The lowest BCUT2D eigenvalue weighted by atomic mass is 9.81. The van der Waals surface area contributed by atoms with Crippen LogP contribution < -0.4 is 9.47 Å². The van der Waals surface area contributed by atoms with Gasteiger partial charge in [0.25, 0.3) is 0 Å². The van der Waals surface area contributed by atoms with E-state index in [4.69, 9.17) is 14.2 Å². The van der Waals surface area contributed by atoms with Crippen LogP contribution in [0.1, 0.15) is 68.9 Å². The van der Waals surface area contributed by atoms with E-state index < -0.39 is 17.2 Å². The van der Waals surface area contributed by atoms with Gasteiger partial charge in [-0.1, -0.05) is 45.9 Å². The Morgan fingerprint density at radius 1 is 1.13 bits per heavy atom. The molecule has 0 spiro atoms. The normalized spacial score (nSPS) is 17.7. The third-order valence-corrected chi connectivity index (χ3v) is 7.37. The maximum Gasteiger partial charge on any atom is 0.304 e. The first-order valence-electron chi connectivity index (χ1n) is 12.8. The van der Waals surface area contributed by atoms with E-state index in [-0.39, 0.29) is 17.9 Å². The first kappa shape index (κ1) is 27.6. The van der Waals surface area contributed by atoms with E-state index in [0.29, 0.717) is 29.4 Å². The third-order valence-electron chi connectivity index (χ3n) is 7.37. The monoisotopic (exact) mass is 521 g/mol. The molecule has 1 heterocycles. The Morgan fingerprint density at radius 2 is 1.89 bits per heavy atom. The standard InChI is InChI=1S/C31H36FNO5/c1-30(2,3)29(37-6)24-13-19(7-10-22(24)23-15-27(36-5)33-17-26(23)32)18-38-21-9-8-20-11-12-31(4,16-28(34)35)25(20)14-21/h7-10,13-15,17,29H,11-12,16,18H2,1-6H3,(H,34,35)/t29-,31-/m0/s1. The fourth-order valence-electron chi connectivity index (χ4n) is 5.50.